The Bertz CT molecular complexity index is 1110. The van der Waals surface area contributed by atoms with E-state index in [1.165, 1.54) is 22.5 Å². The van der Waals surface area contributed by atoms with E-state index in [2.05, 4.69) is 34.4 Å². The average Bonchev–Trinajstić information content (AvgIpc) is 3.19. The molecule has 6 nitrogen and oxygen atoms in total. The van der Waals surface area contributed by atoms with Crippen LogP contribution >= 0.6 is 23.1 Å². The van der Waals surface area contributed by atoms with Crippen LogP contribution in [0.3, 0.4) is 0 Å². The number of hydrogen-bond donors (Lipinski definition) is 2. The predicted molar refractivity (Wildman–Crippen MR) is 135 cm³/mol. The second-order valence-corrected chi connectivity index (χ2v) is 10.4. The lowest BCUT2D eigenvalue weighted by molar-refractivity contribution is -0.120. The molecule has 0 fully saturated rings. The van der Waals surface area contributed by atoms with Gasteiger partial charge in [-0.25, -0.2) is 4.98 Å². The van der Waals surface area contributed by atoms with Gasteiger partial charge in [-0.15, -0.1) is 11.3 Å². The molecule has 1 aliphatic carbocycles. The molecule has 170 valence electrons. The van der Waals surface area contributed by atoms with Gasteiger partial charge in [0.15, 0.2) is 0 Å². The molecule has 0 radical (unpaired) electrons. The number of aromatic nitrogens is 2. The molecular weight excluding hydrogens is 440 g/mol. The molecule has 0 aliphatic heterocycles. The fraction of sp³-hybridized carbons (Fsp3) is 0.458. The standard InChI is InChI=1S/C24H30N4O2S2/c1-28(17-8-3-2-4-9-17)14-7-13-25-21(29)12-15-31-16-20-26-23(30)22-18-10-5-6-11-19(18)32-24(22)27-20/h2-4,8-9H,5-7,10-16H2,1H3,(H,25,29)(H,26,27,30). The number of aromatic amines is 1. The fourth-order valence-corrected chi connectivity index (χ4v) is 6.14. The largest absolute Gasteiger partial charge is 0.375 e. The number of para-hydroxylation sites is 1. The molecule has 1 aromatic carbocycles. The van der Waals surface area contributed by atoms with Crippen LogP contribution in [0.25, 0.3) is 10.2 Å². The second kappa shape index (κ2) is 11.0. The maximum atomic E-state index is 12.6. The Morgan fingerprint density at radius 2 is 2.06 bits per heavy atom. The summed E-state index contributed by atoms with van der Waals surface area (Å²) in [5.74, 6) is 2.10. The van der Waals surface area contributed by atoms with Gasteiger partial charge in [0, 0.05) is 42.9 Å². The first-order valence-corrected chi connectivity index (χ1v) is 13.2. The molecule has 0 spiro atoms. The van der Waals surface area contributed by atoms with Gasteiger partial charge >= 0.3 is 0 Å². The first-order valence-electron chi connectivity index (χ1n) is 11.3. The van der Waals surface area contributed by atoms with Gasteiger partial charge in [0.1, 0.15) is 10.7 Å². The van der Waals surface area contributed by atoms with Crippen molar-refractivity contribution in [1.82, 2.24) is 15.3 Å². The second-order valence-electron chi connectivity index (χ2n) is 8.17. The molecule has 32 heavy (non-hydrogen) atoms. The third kappa shape index (κ3) is 5.72. The van der Waals surface area contributed by atoms with E-state index in [0.29, 0.717) is 30.3 Å². The lowest BCUT2D eigenvalue weighted by Gasteiger charge is -2.19. The van der Waals surface area contributed by atoms with Crippen LogP contribution in [-0.2, 0) is 23.4 Å². The zero-order valence-corrected chi connectivity index (χ0v) is 20.1. The van der Waals surface area contributed by atoms with Gasteiger partial charge in [-0.1, -0.05) is 18.2 Å². The van der Waals surface area contributed by atoms with Crippen molar-refractivity contribution in [2.24, 2.45) is 0 Å². The molecule has 0 atom stereocenters. The van der Waals surface area contributed by atoms with Crippen LogP contribution in [0.4, 0.5) is 5.69 Å². The summed E-state index contributed by atoms with van der Waals surface area (Å²) in [6, 6.07) is 10.2. The number of benzene rings is 1. The summed E-state index contributed by atoms with van der Waals surface area (Å²) in [5.41, 5.74) is 2.39. The summed E-state index contributed by atoms with van der Waals surface area (Å²) >= 11 is 3.31. The molecule has 0 saturated heterocycles. The summed E-state index contributed by atoms with van der Waals surface area (Å²) < 4.78 is 0. The summed E-state index contributed by atoms with van der Waals surface area (Å²) in [7, 11) is 2.06. The van der Waals surface area contributed by atoms with E-state index in [4.69, 9.17) is 4.98 Å². The molecule has 2 heterocycles. The summed E-state index contributed by atoms with van der Waals surface area (Å²) in [6.45, 7) is 1.57. The third-order valence-electron chi connectivity index (χ3n) is 5.78. The Kier molecular flexibility index (Phi) is 7.86. The van der Waals surface area contributed by atoms with Crippen molar-refractivity contribution in [3.8, 4) is 0 Å². The molecule has 2 aromatic heterocycles. The van der Waals surface area contributed by atoms with Gasteiger partial charge in [-0.2, -0.15) is 11.8 Å². The number of thioether (sulfide) groups is 1. The van der Waals surface area contributed by atoms with Crippen LogP contribution in [0.15, 0.2) is 35.1 Å². The van der Waals surface area contributed by atoms with Crippen LogP contribution < -0.4 is 15.8 Å². The summed E-state index contributed by atoms with van der Waals surface area (Å²) in [6.07, 6.45) is 5.79. The fourth-order valence-electron chi connectivity index (χ4n) is 4.05. The molecule has 8 heteroatoms. The third-order valence-corrected chi connectivity index (χ3v) is 7.93. The number of rotatable bonds is 10. The van der Waals surface area contributed by atoms with Crippen molar-refractivity contribution >= 4 is 44.9 Å². The highest BCUT2D eigenvalue weighted by Crippen LogP contribution is 2.33. The quantitative estimate of drug-likeness (QED) is 0.436. The first kappa shape index (κ1) is 22.9. The Morgan fingerprint density at radius 1 is 1.25 bits per heavy atom. The predicted octanol–water partition coefficient (Wildman–Crippen LogP) is 4.13. The van der Waals surface area contributed by atoms with Crippen molar-refractivity contribution in [3.05, 3.63) is 57.0 Å². The van der Waals surface area contributed by atoms with E-state index in [1.807, 2.05) is 18.2 Å². The van der Waals surface area contributed by atoms with Crippen molar-refractivity contribution in [2.75, 3.05) is 30.8 Å². The average molecular weight is 471 g/mol. The SMILES string of the molecule is CN(CCCNC(=O)CCSCc1nc2sc3c(c2c(=O)[nH]1)CCCC3)c1ccccc1. The zero-order chi connectivity index (χ0) is 22.3. The molecule has 0 bridgehead atoms. The Labute approximate surface area is 196 Å². The minimum Gasteiger partial charge on any atom is -0.375 e. The smallest absolute Gasteiger partial charge is 0.259 e. The molecule has 1 amide bonds. The lowest BCUT2D eigenvalue weighted by Crippen LogP contribution is -2.28. The number of carbonyl (C=O) groups is 1. The topological polar surface area (TPSA) is 78.1 Å². The zero-order valence-electron chi connectivity index (χ0n) is 18.5. The first-order chi connectivity index (χ1) is 15.6. The molecule has 3 aromatic rings. The molecule has 0 saturated carbocycles. The highest BCUT2D eigenvalue weighted by atomic mass is 32.2. The molecular formula is C24H30N4O2S2. The highest BCUT2D eigenvalue weighted by molar-refractivity contribution is 7.98. The van der Waals surface area contributed by atoms with Crippen molar-refractivity contribution in [3.63, 3.8) is 0 Å². The van der Waals surface area contributed by atoms with Gasteiger partial charge < -0.3 is 15.2 Å². The van der Waals surface area contributed by atoms with Gasteiger partial charge in [-0.05, 0) is 49.8 Å². The number of anilines is 1. The summed E-state index contributed by atoms with van der Waals surface area (Å²) in [5, 5.41) is 3.80. The van der Waals surface area contributed by atoms with Crippen LogP contribution in [0.5, 0.6) is 0 Å². The number of amides is 1. The molecule has 0 unspecified atom stereocenters. The Balaban J connectivity index is 1.16. The van der Waals surface area contributed by atoms with Crippen molar-refractivity contribution < 1.29 is 4.79 Å². The molecule has 1 aliphatic rings. The lowest BCUT2D eigenvalue weighted by atomic mass is 9.97. The van der Waals surface area contributed by atoms with Crippen molar-refractivity contribution in [2.45, 2.75) is 44.3 Å². The number of fused-ring (bicyclic) bond motifs is 3. The van der Waals surface area contributed by atoms with Crippen LogP contribution in [0.2, 0.25) is 0 Å². The number of nitrogens with zero attached hydrogens (tertiary/aromatic N) is 2. The minimum atomic E-state index is -0.0109. The van der Waals surface area contributed by atoms with Crippen molar-refractivity contribution in [1.29, 1.82) is 0 Å². The van der Waals surface area contributed by atoms with E-state index in [1.54, 1.807) is 23.1 Å². The van der Waals surface area contributed by atoms with Crippen LogP contribution in [-0.4, -0.2) is 41.8 Å². The number of H-pyrrole nitrogens is 1. The summed E-state index contributed by atoms with van der Waals surface area (Å²) in [4.78, 5) is 36.7. The van der Waals surface area contributed by atoms with E-state index < -0.39 is 0 Å². The molecule has 4 rings (SSSR count). The Morgan fingerprint density at radius 3 is 2.91 bits per heavy atom. The number of hydrogen-bond acceptors (Lipinski definition) is 6. The van der Waals surface area contributed by atoms with Crippen LogP contribution in [0.1, 0.15) is 41.9 Å². The molecule has 2 N–H and O–H groups in total. The van der Waals surface area contributed by atoms with Gasteiger partial charge in [0.25, 0.3) is 5.56 Å². The minimum absolute atomic E-state index is 0.0109. The van der Waals surface area contributed by atoms with E-state index in [-0.39, 0.29) is 11.5 Å². The number of nitrogens with one attached hydrogen (secondary N) is 2. The maximum Gasteiger partial charge on any atom is 0.259 e. The number of aryl methyl sites for hydroxylation is 2. The normalized spacial score (nSPS) is 13.2. The monoisotopic (exact) mass is 470 g/mol. The van der Waals surface area contributed by atoms with E-state index >= 15 is 0 Å². The number of carbonyl (C=O) groups excluding carboxylic acids is 1. The van der Waals surface area contributed by atoms with Gasteiger partial charge in [0.2, 0.25) is 5.91 Å². The maximum absolute atomic E-state index is 12.6. The van der Waals surface area contributed by atoms with E-state index in [9.17, 15) is 9.59 Å². The Hall–Kier alpha value is -2.32. The van der Waals surface area contributed by atoms with Crippen LogP contribution in [0, 0.1) is 0 Å². The highest BCUT2D eigenvalue weighted by Gasteiger charge is 2.19. The number of thiophene rings is 1. The van der Waals surface area contributed by atoms with Gasteiger partial charge in [0.05, 0.1) is 11.1 Å². The van der Waals surface area contributed by atoms with E-state index in [0.717, 1.165) is 42.4 Å². The van der Waals surface area contributed by atoms with Gasteiger partial charge in [-0.3, -0.25) is 9.59 Å².